The third kappa shape index (κ3) is 3.22. The molecule has 1 N–H and O–H groups in total. The van der Waals surface area contributed by atoms with Gasteiger partial charge in [-0.15, -0.1) is 0 Å². The van der Waals surface area contributed by atoms with Gasteiger partial charge in [-0.2, -0.15) is 0 Å². The Hall–Kier alpha value is -2.70. The van der Waals surface area contributed by atoms with Crippen LogP contribution in [0.1, 0.15) is 41.1 Å². The first-order valence-corrected chi connectivity index (χ1v) is 9.32. The number of hydrogen-bond acceptors (Lipinski definition) is 3. The summed E-state index contributed by atoms with van der Waals surface area (Å²) < 4.78 is 14.0. The van der Waals surface area contributed by atoms with E-state index in [2.05, 4.69) is 9.97 Å². The second-order valence-corrected chi connectivity index (χ2v) is 7.59. The van der Waals surface area contributed by atoms with E-state index in [-0.39, 0.29) is 24.2 Å². The number of aromatic amines is 1. The third-order valence-electron chi connectivity index (χ3n) is 5.69. The Morgan fingerprint density at radius 1 is 1.30 bits per heavy atom. The van der Waals surface area contributed by atoms with E-state index in [4.69, 9.17) is 0 Å². The predicted octanol–water partition coefficient (Wildman–Crippen LogP) is 2.51. The van der Waals surface area contributed by atoms with Crippen LogP contribution in [-0.4, -0.2) is 51.2 Å². The van der Waals surface area contributed by atoms with E-state index in [1.54, 1.807) is 34.2 Å². The molecule has 2 amide bonds. The number of H-pyrrole nitrogens is 1. The highest BCUT2D eigenvalue weighted by Gasteiger charge is 2.49. The lowest BCUT2D eigenvalue weighted by molar-refractivity contribution is -0.146. The minimum atomic E-state index is -0.555. The Kier molecular flexibility index (Phi) is 4.45. The van der Waals surface area contributed by atoms with Gasteiger partial charge in [-0.1, -0.05) is 18.2 Å². The van der Waals surface area contributed by atoms with Crippen molar-refractivity contribution < 1.29 is 14.0 Å². The van der Waals surface area contributed by atoms with Crippen molar-refractivity contribution in [1.82, 2.24) is 19.8 Å². The van der Waals surface area contributed by atoms with E-state index < -0.39 is 5.41 Å². The van der Waals surface area contributed by atoms with Crippen LogP contribution < -0.4 is 0 Å². The summed E-state index contributed by atoms with van der Waals surface area (Å²) in [5, 5.41) is 0. The number of benzene rings is 1. The molecule has 1 aromatic heterocycles. The molecule has 1 spiro atoms. The summed E-state index contributed by atoms with van der Waals surface area (Å²) in [6, 6.07) is 6.56. The van der Waals surface area contributed by atoms with Crippen LogP contribution in [-0.2, 0) is 11.3 Å². The number of carbonyl (C=O) groups excluding carboxylic acids is 2. The molecule has 27 heavy (non-hydrogen) atoms. The van der Waals surface area contributed by atoms with Crippen LogP contribution in [0.4, 0.5) is 4.39 Å². The number of carbonyl (C=O) groups is 2. The zero-order valence-electron chi connectivity index (χ0n) is 15.4. The summed E-state index contributed by atoms with van der Waals surface area (Å²) in [6.45, 7) is 3.69. The number of imidazole rings is 1. The topological polar surface area (TPSA) is 69.3 Å². The van der Waals surface area contributed by atoms with E-state index in [9.17, 15) is 14.0 Å². The maximum absolute atomic E-state index is 14.0. The molecular formula is C20H23FN4O2. The smallest absolute Gasteiger partial charge is 0.289 e. The van der Waals surface area contributed by atoms with Crippen LogP contribution in [0.25, 0.3) is 0 Å². The number of piperidine rings is 1. The highest BCUT2D eigenvalue weighted by molar-refractivity contribution is 5.92. The van der Waals surface area contributed by atoms with E-state index in [1.807, 2.05) is 6.92 Å². The first-order valence-electron chi connectivity index (χ1n) is 9.32. The Labute approximate surface area is 157 Å². The molecule has 4 rings (SSSR count). The lowest BCUT2D eigenvalue weighted by Gasteiger charge is -2.39. The molecule has 2 aromatic rings. The normalized spacial score (nSPS) is 22.7. The number of nitrogens with one attached hydrogen (secondary N) is 1. The molecule has 2 fully saturated rings. The fraction of sp³-hybridized carbons (Fsp3) is 0.450. The molecule has 0 unspecified atom stereocenters. The summed E-state index contributed by atoms with van der Waals surface area (Å²) in [5.74, 6) is -0.112. The predicted molar refractivity (Wildman–Crippen MR) is 97.3 cm³/mol. The van der Waals surface area contributed by atoms with Crippen molar-refractivity contribution in [1.29, 1.82) is 0 Å². The van der Waals surface area contributed by atoms with Crippen LogP contribution in [0.5, 0.6) is 0 Å². The van der Waals surface area contributed by atoms with Gasteiger partial charge in [0.2, 0.25) is 5.91 Å². The Morgan fingerprint density at radius 3 is 2.85 bits per heavy atom. The van der Waals surface area contributed by atoms with Gasteiger partial charge < -0.3 is 14.8 Å². The van der Waals surface area contributed by atoms with Gasteiger partial charge in [0.1, 0.15) is 5.82 Å². The minimum absolute atomic E-state index is 0.0305. The number of aromatic nitrogens is 2. The molecule has 2 aliphatic rings. The first kappa shape index (κ1) is 17.7. The van der Waals surface area contributed by atoms with E-state index in [0.717, 1.165) is 18.5 Å². The summed E-state index contributed by atoms with van der Waals surface area (Å²) in [6.07, 6.45) is 3.90. The second-order valence-electron chi connectivity index (χ2n) is 7.59. The number of halogens is 1. The second kappa shape index (κ2) is 6.79. The van der Waals surface area contributed by atoms with Crippen LogP contribution >= 0.6 is 0 Å². The van der Waals surface area contributed by atoms with Crippen molar-refractivity contribution in [3.05, 3.63) is 53.4 Å². The zero-order chi connectivity index (χ0) is 19.0. The molecule has 0 saturated carbocycles. The van der Waals surface area contributed by atoms with Gasteiger partial charge in [0.05, 0.1) is 5.41 Å². The summed E-state index contributed by atoms with van der Waals surface area (Å²) in [4.78, 5) is 36.4. The molecule has 2 aliphatic heterocycles. The number of rotatable bonds is 3. The number of nitrogens with zero attached hydrogens (tertiary/aromatic N) is 3. The average molecular weight is 370 g/mol. The monoisotopic (exact) mass is 370 g/mol. The fourth-order valence-corrected chi connectivity index (χ4v) is 4.23. The molecule has 1 aromatic carbocycles. The van der Waals surface area contributed by atoms with Gasteiger partial charge in [-0.25, -0.2) is 9.37 Å². The maximum atomic E-state index is 14.0. The van der Waals surface area contributed by atoms with Crippen LogP contribution in [0, 0.1) is 18.2 Å². The largest absolute Gasteiger partial charge is 0.338 e. The van der Waals surface area contributed by atoms with Gasteiger partial charge >= 0.3 is 0 Å². The van der Waals surface area contributed by atoms with Crippen molar-refractivity contribution in [2.75, 3.05) is 19.6 Å². The summed E-state index contributed by atoms with van der Waals surface area (Å²) in [5.41, 5.74) is 0.804. The Bertz CT molecular complexity index is 880. The summed E-state index contributed by atoms with van der Waals surface area (Å²) in [7, 11) is 0. The molecular weight excluding hydrogens is 347 g/mol. The Morgan fingerprint density at radius 2 is 2.11 bits per heavy atom. The number of hydrogen-bond donors (Lipinski definition) is 1. The van der Waals surface area contributed by atoms with Crippen molar-refractivity contribution in [3.8, 4) is 0 Å². The molecule has 2 saturated heterocycles. The first-order chi connectivity index (χ1) is 13.0. The molecule has 0 bridgehead atoms. The lowest BCUT2D eigenvalue weighted by atomic mass is 9.78. The SMILES string of the molecule is Cc1cnc(C(=O)N2CC[C@]3(CCCN(Cc4ccccc4F)C3=O)C2)[nH]1. The molecule has 142 valence electrons. The van der Waals surface area contributed by atoms with Crippen molar-refractivity contribution in [3.63, 3.8) is 0 Å². The van der Waals surface area contributed by atoms with Crippen molar-refractivity contribution in [2.24, 2.45) is 5.41 Å². The Balaban J connectivity index is 1.49. The third-order valence-corrected chi connectivity index (χ3v) is 5.69. The molecule has 7 heteroatoms. The summed E-state index contributed by atoms with van der Waals surface area (Å²) >= 11 is 0. The van der Waals surface area contributed by atoms with Crippen molar-refractivity contribution >= 4 is 11.8 Å². The van der Waals surface area contributed by atoms with E-state index >= 15 is 0 Å². The molecule has 6 nitrogen and oxygen atoms in total. The molecule has 0 aliphatic carbocycles. The standard InChI is InChI=1S/C20H23FN4O2/c1-14-11-22-17(23-14)18(26)25-10-8-20(13-25)7-4-9-24(19(20)27)12-15-5-2-3-6-16(15)21/h2-3,5-6,11H,4,7-10,12-13H2,1H3,(H,22,23)/t20-/m1/s1. The molecule has 3 heterocycles. The van der Waals surface area contributed by atoms with Gasteiger partial charge in [0.15, 0.2) is 5.82 Å². The zero-order valence-corrected chi connectivity index (χ0v) is 15.4. The van der Waals surface area contributed by atoms with Crippen LogP contribution in [0.3, 0.4) is 0 Å². The maximum Gasteiger partial charge on any atom is 0.289 e. The van der Waals surface area contributed by atoms with Gasteiger partial charge in [-0.05, 0) is 32.3 Å². The van der Waals surface area contributed by atoms with Crippen molar-refractivity contribution in [2.45, 2.75) is 32.7 Å². The molecule has 1 atom stereocenters. The number of likely N-dealkylation sites (tertiary alicyclic amines) is 2. The fourth-order valence-electron chi connectivity index (χ4n) is 4.23. The van der Waals surface area contributed by atoms with Gasteiger partial charge in [0, 0.05) is 43.6 Å². The van der Waals surface area contributed by atoms with E-state index in [0.29, 0.717) is 37.4 Å². The highest BCUT2D eigenvalue weighted by atomic mass is 19.1. The minimum Gasteiger partial charge on any atom is -0.338 e. The van der Waals surface area contributed by atoms with E-state index in [1.165, 1.54) is 6.07 Å². The number of aryl methyl sites for hydroxylation is 1. The van der Waals surface area contributed by atoms with Gasteiger partial charge in [0.25, 0.3) is 5.91 Å². The van der Waals surface area contributed by atoms with Crippen LogP contribution in [0.2, 0.25) is 0 Å². The molecule has 0 radical (unpaired) electrons. The number of amides is 2. The van der Waals surface area contributed by atoms with Crippen LogP contribution in [0.15, 0.2) is 30.5 Å². The quantitative estimate of drug-likeness (QED) is 0.903. The lowest BCUT2D eigenvalue weighted by Crippen LogP contribution is -2.50. The highest BCUT2D eigenvalue weighted by Crippen LogP contribution is 2.40. The van der Waals surface area contributed by atoms with Gasteiger partial charge in [-0.3, -0.25) is 9.59 Å². The average Bonchev–Trinajstić information content (AvgIpc) is 3.28.